The molecule has 4 aromatic rings. The Labute approximate surface area is 163 Å². The highest BCUT2D eigenvalue weighted by molar-refractivity contribution is 9.10. The summed E-state index contributed by atoms with van der Waals surface area (Å²) < 4.78 is 9.96. The molecular formula is C19H16BrN5O2. The van der Waals surface area contributed by atoms with Gasteiger partial charge in [-0.1, -0.05) is 15.9 Å². The molecule has 8 heteroatoms. The van der Waals surface area contributed by atoms with E-state index in [9.17, 15) is 4.79 Å². The summed E-state index contributed by atoms with van der Waals surface area (Å²) in [4.78, 5) is 16.5. The molecule has 1 aromatic carbocycles. The first-order chi connectivity index (χ1) is 13.1. The molecule has 136 valence electrons. The van der Waals surface area contributed by atoms with Crippen LogP contribution in [0.15, 0.2) is 64.3 Å². The third-order valence-electron chi connectivity index (χ3n) is 4.09. The van der Waals surface area contributed by atoms with Crippen LogP contribution in [0.3, 0.4) is 0 Å². The Hall–Kier alpha value is -3.00. The van der Waals surface area contributed by atoms with Crippen LogP contribution in [-0.2, 0) is 13.6 Å². The largest absolute Gasteiger partial charge is 0.491 e. The summed E-state index contributed by atoms with van der Waals surface area (Å²) >= 11 is 3.44. The number of ether oxygens (including phenoxy) is 1. The zero-order valence-electron chi connectivity index (χ0n) is 14.5. The highest BCUT2D eigenvalue weighted by atomic mass is 79.9. The molecule has 0 unspecified atom stereocenters. The van der Waals surface area contributed by atoms with Crippen molar-refractivity contribution in [1.82, 2.24) is 24.5 Å². The fourth-order valence-corrected chi connectivity index (χ4v) is 3.13. The lowest BCUT2D eigenvalue weighted by Gasteiger charge is -2.10. The van der Waals surface area contributed by atoms with Crippen LogP contribution in [0, 0.1) is 0 Å². The lowest BCUT2D eigenvalue weighted by atomic mass is 10.2. The summed E-state index contributed by atoms with van der Waals surface area (Å²) in [6, 6.07) is 10.9. The summed E-state index contributed by atoms with van der Waals surface area (Å²) in [6.07, 6.45) is 5.28. The Morgan fingerprint density at radius 1 is 1.19 bits per heavy atom. The third-order valence-corrected chi connectivity index (χ3v) is 4.59. The van der Waals surface area contributed by atoms with E-state index in [1.807, 2.05) is 37.5 Å². The Kier molecular flexibility index (Phi) is 4.72. The van der Waals surface area contributed by atoms with Gasteiger partial charge in [0, 0.05) is 40.9 Å². The van der Waals surface area contributed by atoms with E-state index in [1.165, 1.54) is 10.7 Å². The van der Waals surface area contributed by atoms with Crippen molar-refractivity contribution in [2.24, 2.45) is 7.05 Å². The maximum Gasteiger partial charge on any atom is 0.266 e. The second-order valence-electron chi connectivity index (χ2n) is 6.00. The molecule has 0 spiro atoms. The second kappa shape index (κ2) is 7.32. The number of nitrogens with zero attached hydrogens (tertiary/aromatic N) is 5. The molecule has 3 aromatic heterocycles. The van der Waals surface area contributed by atoms with Crippen molar-refractivity contribution < 1.29 is 4.74 Å². The first kappa shape index (κ1) is 17.4. The molecule has 0 aliphatic carbocycles. The molecule has 0 fully saturated rings. The molecule has 0 bridgehead atoms. The van der Waals surface area contributed by atoms with Gasteiger partial charge >= 0.3 is 0 Å². The maximum absolute atomic E-state index is 12.1. The second-order valence-corrected chi connectivity index (χ2v) is 6.92. The number of aromatic nitrogens is 5. The zero-order valence-corrected chi connectivity index (χ0v) is 16.1. The van der Waals surface area contributed by atoms with Gasteiger partial charge in [0.05, 0.1) is 24.0 Å². The number of aryl methyl sites for hydroxylation is 1. The molecule has 0 saturated heterocycles. The first-order valence-electron chi connectivity index (χ1n) is 8.34. The number of fused-ring (bicyclic) bond motifs is 1. The van der Waals surface area contributed by atoms with Gasteiger partial charge in [-0.2, -0.15) is 10.2 Å². The highest BCUT2D eigenvalue weighted by Gasteiger charge is 2.07. The summed E-state index contributed by atoms with van der Waals surface area (Å²) in [5.74, 6) is 0.726. The van der Waals surface area contributed by atoms with Gasteiger partial charge in [-0.3, -0.25) is 14.5 Å². The molecule has 7 nitrogen and oxygen atoms in total. The van der Waals surface area contributed by atoms with Crippen molar-refractivity contribution in [2.45, 2.75) is 6.54 Å². The van der Waals surface area contributed by atoms with Crippen LogP contribution < -0.4 is 10.3 Å². The Morgan fingerprint density at radius 2 is 2.07 bits per heavy atom. The number of pyridine rings is 1. The van der Waals surface area contributed by atoms with Crippen molar-refractivity contribution in [3.8, 4) is 17.0 Å². The number of hydrogen-bond acceptors (Lipinski definition) is 5. The van der Waals surface area contributed by atoms with E-state index in [2.05, 4.69) is 31.1 Å². The highest BCUT2D eigenvalue weighted by Crippen LogP contribution is 2.26. The Morgan fingerprint density at radius 3 is 2.89 bits per heavy atom. The fourth-order valence-electron chi connectivity index (χ4n) is 2.78. The SMILES string of the molecule is Cn1cc(-c2ccc(=O)n(CCOc3ccnc4cc(Br)ccc34)n2)cn1. The van der Waals surface area contributed by atoms with Gasteiger partial charge in [0.2, 0.25) is 0 Å². The first-order valence-corrected chi connectivity index (χ1v) is 9.14. The minimum atomic E-state index is -0.172. The molecule has 0 N–H and O–H groups in total. The van der Waals surface area contributed by atoms with Crippen LogP contribution in [-0.4, -0.2) is 31.2 Å². The quantitative estimate of drug-likeness (QED) is 0.491. The molecule has 0 aliphatic rings. The van der Waals surface area contributed by atoms with Crippen LogP contribution in [0.25, 0.3) is 22.2 Å². The van der Waals surface area contributed by atoms with E-state index in [0.29, 0.717) is 18.8 Å². The molecule has 27 heavy (non-hydrogen) atoms. The number of halogens is 1. The average Bonchev–Trinajstić information content (AvgIpc) is 3.09. The standard InChI is InChI=1S/C19H16BrN5O2/c1-24-12-13(11-22-24)16-4-5-19(26)25(23-16)8-9-27-18-6-7-21-17-10-14(20)2-3-15(17)18/h2-7,10-12H,8-9H2,1H3. The molecule has 4 rings (SSSR count). The minimum Gasteiger partial charge on any atom is -0.491 e. The smallest absolute Gasteiger partial charge is 0.266 e. The van der Waals surface area contributed by atoms with Crippen LogP contribution >= 0.6 is 15.9 Å². The lowest BCUT2D eigenvalue weighted by molar-refractivity contribution is 0.291. The van der Waals surface area contributed by atoms with Crippen molar-refractivity contribution in [2.75, 3.05) is 6.61 Å². The van der Waals surface area contributed by atoms with E-state index in [-0.39, 0.29) is 5.56 Å². The molecule has 0 saturated carbocycles. The van der Waals surface area contributed by atoms with E-state index >= 15 is 0 Å². The van der Waals surface area contributed by atoms with Gasteiger partial charge in [-0.15, -0.1) is 0 Å². The van der Waals surface area contributed by atoms with Crippen LogP contribution in [0.5, 0.6) is 5.75 Å². The Balaban J connectivity index is 1.52. The van der Waals surface area contributed by atoms with Crippen LogP contribution in [0.4, 0.5) is 0 Å². The van der Waals surface area contributed by atoms with E-state index in [1.54, 1.807) is 23.1 Å². The number of hydrogen-bond donors (Lipinski definition) is 0. The number of benzene rings is 1. The van der Waals surface area contributed by atoms with Crippen molar-refractivity contribution in [3.63, 3.8) is 0 Å². The van der Waals surface area contributed by atoms with Crippen LogP contribution in [0.1, 0.15) is 0 Å². The average molecular weight is 426 g/mol. The van der Waals surface area contributed by atoms with Crippen LogP contribution in [0.2, 0.25) is 0 Å². The summed E-state index contributed by atoms with van der Waals surface area (Å²) in [5, 5.41) is 9.47. The van der Waals surface area contributed by atoms with Gasteiger partial charge in [0.15, 0.2) is 0 Å². The predicted molar refractivity (Wildman–Crippen MR) is 106 cm³/mol. The van der Waals surface area contributed by atoms with E-state index < -0.39 is 0 Å². The van der Waals surface area contributed by atoms with E-state index in [0.717, 1.165) is 26.7 Å². The van der Waals surface area contributed by atoms with Crippen molar-refractivity contribution in [3.05, 3.63) is 69.8 Å². The van der Waals surface area contributed by atoms with Gasteiger partial charge in [-0.25, -0.2) is 4.68 Å². The maximum atomic E-state index is 12.1. The topological polar surface area (TPSA) is 74.8 Å². The monoisotopic (exact) mass is 425 g/mol. The molecule has 0 aliphatic heterocycles. The molecule has 0 radical (unpaired) electrons. The van der Waals surface area contributed by atoms with Gasteiger partial charge in [0.25, 0.3) is 5.56 Å². The lowest BCUT2D eigenvalue weighted by Crippen LogP contribution is -2.25. The van der Waals surface area contributed by atoms with E-state index in [4.69, 9.17) is 4.74 Å². The van der Waals surface area contributed by atoms with Gasteiger partial charge < -0.3 is 4.74 Å². The summed E-state index contributed by atoms with van der Waals surface area (Å²) in [7, 11) is 1.84. The normalized spacial score (nSPS) is 11.0. The fraction of sp³-hybridized carbons (Fsp3) is 0.158. The van der Waals surface area contributed by atoms with Gasteiger partial charge in [0.1, 0.15) is 12.4 Å². The summed E-state index contributed by atoms with van der Waals surface area (Å²) in [5.41, 5.74) is 2.23. The van der Waals surface area contributed by atoms with Crippen molar-refractivity contribution in [1.29, 1.82) is 0 Å². The molecular weight excluding hydrogens is 410 g/mol. The summed E-state index contributed by atoms with van der Waals surface area (Å²) in [6.45, 7) is 0.659. The predicted octanol–water partition coefficient (Wildman–Crippen LogP) is 3.03. The molecule has 3 heterocycles. The number of rotatable bonds is 5. The third kappa shape index (κ3) is 3.75. The molecule has 0 atom stereocenters. The zero-order chi connectivity index (χ0) is 18.8. The van der Waals surface area contributed by atoms with Gasteiger partial charge in [-0.05, 0) is 30.3 Å². The Bertz CT molecular complexity index is 1170. The minimum absolute atomic E-state index is 0.172. The van der Waals surface area contributed by atoms with Crippen molar-refractivity contribution >= 4 is 26.8 Å². The molecule has 0 amide bonds.